The van der Waals surface area contributed by atoms with Crippen molar-refractivity contribution in [2.45, 2.75) is 18.4 Å². The predicted octanol–water partition coefficient (Wildman–Crippen LogP) is 4.55. The molecule has 35 heavy (non-hydrogen) atoms. The van der Waals surface area contributed by atoms with Crippen molar-refractivity contribution in [3.05, 3.63) is 76.5 Å². The monoisotopic (exact) mass is 501 g/mol. The molecule has 0 radical (unpaired) electrons. The molecule has 1 aliphatic rings. The van der Waals surface area contributed by atoms with E-state index in [1.165, 1.54) is 6.08 Å². The second-order valence-corrected chi connectivity index (χ2v) is 8.99. The number of rotatable bonds is 9. The van der Waals surface area contributed by atoms with E-state index in [9.17, 15) is 18.7 Å². The summed E-state index contributed by atoms with van der Waals surface area (Å²) in [5.74, 6) is -1.25. The first-order chi connectivity index (χ1) is 16.8. The van der Waals surface area contributed by atoms with Crippen LogP contribution < -0.4 is 10.1 Å². The summed E-state index contributed by atoms with van der Waals surface area (Å²) in [6, 6.07) is 8.84. The molecule has 1 aliphatic heterocycles. The molecule has 1 saturated heterocycles. The first kappa shape index (κ1) is 25.0. The van der Waals surface area contributed by atoms with E-state index in [0.717, 1.165) is 34.7 Å². The third-order valence-corrected chi connectivity index (χ3v) is 6.67. The summed E-state index contributed by atoms with van der Waals surface area (Å²) in [7, 11) is 1.59. The maximum Gasteiger partial charge on any atom is 0.325 e. The van der Waals surface area contributed by atoms with E-state index in [2.05, 4.69) is 10.3 Å². The van der Waals surface area contributed by atoms with E-state index >= 15 is 0 Å². The van der Waals surface area contributed by atoms with Gasteiger partial charge in [0.05, 0.1) is 17.6 Å². The molecule has 184 valence electrons. The fourth-order valence-electron chi connectivity index (χ4n) is 4.42. The van der Waals surface area contributed by atoms with Crippen molar-refractivity contribution in [3.63, 3.8) is 0 Å². The fraction of sp³-hybridized carbons (Fsp3) is 0.308. The van der Waals surface area contributed by atoms with Gasteiger partial charge in [-0.2, -0.15) is 0 Å². The Kier molecular flexibility index (Phi) is 7.64. The number of benzene rings is 2. The number of carbonyl (C=O) groups is 1. The minimum Gasteiger partial charge on any atom is -0.497 e. The second-order valence-electron chi connectivity index (χ2n) is 8.59. The molecule has 2 heterocycles. The van der Waals surface area contributed by atoms with Crippen LogP contribution in [0.15, 0.2) is 48.7 Å². The molecule has 9 heteroatoms. The highest BCUT2D eigenvalue weighted by Gasteiger charge is 2.44. The zero-order chi connectivity index (χ0) is 25.0. The standard InChI is InChI=1S/C26H26ClF2N3O3/c1-35-19-5-7-24-21(14-19)20(22(27)15-30-24)8-10-31-26(25(33)34)9-12-32(16-26)11-2-3-17-13-18(28)4-6-23(17)29/h2-7,13-15,31H,8-12,16H2,1H3,(H,33,34)/b3-2+. The van der Waals surface area contributed by atoms with E-state index in [4.69, 9.17) is 16.3 Å². The molecule has 1 aromatic heterocycles. The van der Waals surface area contributed by atoms with Crippen LogP contribution in [0.1, 0.15) is 17.5 Å². The van der Waals surface area contributed by atoms with Crippen LogP contribution in [0, 0.1) is 11.6 Å². The van der Waals surface area contributed by atoms with Gasteiger partial charge >= 0.3 is 5.97 Å². The summed E-state index contributed by atoms with van der Waals surface area (Å²) in [5, 5.41) is 14.6. The number of hydrogen-bond donors (Lipinski definition) is 2. The lowest BCUT2D eigenvalue weighted by atomic mass is 9.98. The first-order valence-corrected chi connectivity index (χ1v) is 11.6. The lowest BCUT2D eigenvalue weighted by Gasteiger charge is -2.26. The number of fused-ring (bicyclic) bond motifs is 1. The van der Waals surface area contributed by atoms with Gasteiger partial charge in [-0.05, 0) is 54.8 Å². The van der Waals surface area contributed by atoms with E-state index in [1.54, 1.807) is 19.4 Å². The third kappa shape index (κ3) is 5.61. The van der Waals surface area contributed by atoms with Crippen LogP contribution in [0.3, 0.4) is 0 Å². The molecule has 6 nitrogen and oxygen atoms in total. The highest BCUT2D eigenvalue weighted by Crippen LogP contribution is 2.29. The fourth-order valence-corrected chi connectivity index (χ4v) is 4.67. The van der Waals surface area contributed by atoms with Crippen LogP contribution in [-0.4, -0.2) is 59.8 Å². The van der Waals surface area contributed by atoms with Gasteiger partial charge < -0.3 is 15.2 Å². The lowest BCUT2D eigenvalue weighted by Crippen LogP contribution is -2.54. The Morgan fingerprint density at radius 3 is 2.91 bits per heavy atom. The molecular weight excluding hydrogens is 476 g/mol. The van der Waals surface area contributed by atoms with E-state index in [0.29, 0.717) is 43.2 Å². The van der Waals surface area contributed by atoms with Crippen molar-refractivity contribution < 1.29 is 23.4 Å². The number of methoxy groups -OCH3 is 1. The quantitative estimate of drug-likeness (QED) is 0.448. The minimum atomic E-state index is -1.11. The molecule has 4 rings (SSSR count). The predicted molar refractivity (Wildman–Crippen MR) is 132 cm³/mol. The van der Waals surface area contributed by atoms with Crippen molar-refractivity contribution in [3.8, 4) is 5.75 Å². The zero-order valence-electron chi connectivity index (χ0n) is 19.2. The molecule has 2 N–H and O–H groups in total. The average molecular weight is 502 g/mol. The number of likely N-dealkylation sites (tertiary alicyclic amines) is 1. The molecule has 0 amide bonds. The number of pyridine rings is 1. The molecular formula is C26H26ClF2N3O3. The normalized spacial score (nSPS) is 18.5. The van der Waals surface area contributed by atoms with Crippen LogP contribution in [0.25, 0.3) is 17.0 Å². The Balaban J connectivity index is 1.41. The van der Waals surface area contributed by atoms with Crippen LogP contribution in [0.2, 0.25) is 5.02 Å². The van der Waals surface area contributed by atoms with Crippen LogP contribution in [-0.2, 0) is 11.2 Å². The second kappa shape index (κ2) is 10.7. The van der Waals surface area contributed by atoms with Crippen molar-refractivity contribution in [2.24, 2.45) is 0 Å². The summed E-state index contributed by atoms with van der Waals surface area (Å²) in [6.45, 7) is 1.68. The number of halogens is 3. The highest BCUT2D eigenvalue weighted by molar-refractivity contribution is 6.32. The number of nitrogens with zero attached hydrogens (tertiary/aromatic N) is 2. The smallest absolute Gasteiger partial charge is 0.325 e. The molecule has 1 unspecified atom stereocenters. The molecule has 0 saturated carbocycles. The molecule has 3 aromatic rings. The van der Waals surface area contributed by atoms with Gasteiger partial charge in [-0.25, -0.2) is 8.78 Å². The van der Waals surface area contributed by atoms with Crippen LogP contribution >= 0.6 is 11.6 Å². The topological polar surface area (TPSA) is 74.7 Å². The number of ether oxygens (including phenoxy) is 1. The molecule has 1 atom stereocenters. The Labute approximate surface area is 207 Å². The van der Waals surface area contributed by atoms with Gasteiger partial charge in [0.2, 0.25) is 0 Å². The Hall–Kier alpha value is -3.07. The summed E-state index contributed by atoms with van der Waals surface area (Å²) >= 11 is 6.43. The number of carboxylic acids is 1. The van der Waals surface area contributed by atoms with Gasteiger partial charge in [-0.1, -0.05) is 23.8 Å². The summed E-state index contributed by atoms with van der Waals surface area (Å²) in [4.78, 5) is 18.5. The summed E-state index contributed by atoms with van der Waals surface area (Å²) in [5.41, 5.74) is 0.709. The van der Waals surface area contributed by atoms with Crippen molar-refractivity contribution in [2.75, 3.05) is 33.3 Å². The van der Waals surface area contributed by atoms with E-state index < -0.39 is 23.1 Å². The van der Waals surface area contributed by atoms with E-state index in [1.807, 2.05) is 23.1 Å². The SMILES string of the molecule is COc1ccc2ncc(Cl)c(CCNC3(C(=O)O)CCN(C/C=C/c4cc(F)ccc4F)C3)c2c1. The highest BCUT2D eigenvalue weighted by atomic mass is 35.5. The molecule has 0 spiro atoms. The molecule has 1 fully saturated rings. The van der Waals surface area contributed by atoms with Gasteiger partial charge in [-0.15, -0.1) is 0 Å². The van der Waals surface area contributed by atoms with Gasteiger partial charge in [0, 0.05) is 43.3 Å². The maximum absolute atomic E-state index is 13.8. The van der Waals surface area contributed by atoms with Crippen LogP contribution in [0.4, 0.5) is 8.78 Å². The largest absolute Gasteiger partial charge is 0.497 e. The number of aromatic nitrogens is 1. The summed E-state index contributed by atoms with van der Waals surface area (Å²) in [6.07, 6.45) is 5.76. The zero-order valence-corrected chi connectivity index (χ0v) is 20.0. The van der Waals surface area contributed by atoms with E-state index in [-0.39, 0.29) is 12.1 Å². The van der Waals surface area contributed by atoms with Crippen molar-refractivity contribution in [1.29, 1.82) is 0 Å². The van der Waals surface area contributed by atoms with Crippen LogP contribution in [0.5, 0.6) is 5.75 Å². The lowest BCUT2D eigenvalue weighted by molar-refractivity contribution is -0.144. The number of hydrogen-bond acceptors (Lipinski definition) is 5. The Bertz CT molecular complexity index is 1270. The molecule has 0 bridgehead atoms. The number of aliphatic carboxylic acids is 1. The molecule has 2 aromatic carbocycles. The summed E-state index contributed by atoms with van der Waals surface area (Å²) < 4.78 is 32.5. The average Bonchev–Trinajstić information content (AvgIpc) is 3.27. The van der Waals surface area contributed by atoms with Gasteiger partial charge in [0.25, 0.3) is 0 Å². The maximum atomic E-state index is 13.8. The van der Waals surface area contributed by atoms with Gasteiger partial charge in [-0.3, -0.25) is 14.7 Å². The first-order valence-electron chi connectivity index (χ1n) is 11.2. The van der Waals surface area contributed by atoms with Gasteiger partial charge in [0.1, 0.15) is 22.9 Å². The van der Waals surface area contributed by atoms with Crippen molar-refractivity contribution in [1.82, 2.24) is 15.2 Å². The minimum absolute atomic E-state index is 0.157. The Morgan fingerprint density at radius 2 is 2.14 bits per heavy atom. The third-order valence-electron chi connectivity index (χ3n) is 6.35. The Morgan fingerprint density at radius 1 is 1.31 bits per heavy atom. The van der Waals surface area contributed by atoms with Crippen molar-refractivity contribution >= 4 is 34.5 Å². The van der Waals surface area contributed by atoms with Gasteiger partial charge in [0.15, 0.2) is 0 Å². The number of nitrogens with one attached hydrogen (secondary N) is 1. The number of carboxylic acid groups (broad SMARTS) is 1. The molecule has 0 aliphatic carbocycles.